The number of hydrogen-bond donors (Lipinski definition) is 0. The van der Waals surface area contributed by atoms with Gasteiger partial charge in [-0.25, -0.2) is 4.79 Å². The van der Waals surface area contributed by atoms with Gasteiger partial charge in [-0.1, -0.05) is 48.0 Å². The minimum atomic E-state index is -0.720. The first-order valence-electron chi connectivity index (χ1n) is 13.3. The van der Waals surface area contributed by atoms with Crippen molar-refractivity contribution in [3.8, 4) is 11.4 Å². The predicted molar refractivity (Wildman–Crippen MR) is 138 cm³/mol. The summed E-state index contributed by atoms with van der Waals surface area (Å²) in [6.45, 7) is 7.60. The fraction of sp³-hybridized carbons (Fsp3) is 0.536. The fourth-order valence-corrected chi connectivity index (χ4v) is 7.32. The molecule has 4 saturated heterocycles. The van der Waals surface area contributed by atoms with Crippen LogP contribution in [0, 0.1) is 5.92 Å². The average molecular weight is 508 g/mol. The number of rotatable bonds is 7. The quantitative estimate of drug-likeness (QED) is 0.336. The van der Waals surface area contributed by atoms with E-state index in [-0.39, 0.29) is 12.1 Å². The van der Waals surface area contributed by atoms with Gasteiger partial charge in [0.15, 0.2) is 18.2 Å². The standard InChI is InChI=1S/C28H35N4O3S/c1-28(24-11-8-18-36-24,31-14-6-3-7-15-31)27(33)34-23-19-32(16-12-21(23)13-17-32)20-25-29-26(30-35-25)22-9-4-2-5-10-22/h2,4-5,8-11,18,21,23H,3,6-7,12-17,19-20H2,1H3/q+1/t21?,23-,28?,32?/m0/s1. The highest BCUT2D eigenvalue weighted by atomic mass is 32.1. The molecule has 0 spiro atoms. The lowest BCUT2D eigenvalue weighted by atomic mass is 9.83. The van der Waals surface area contributed by atoms with E-state index in [1.165, 1.54) is 6.42 Å². The van der Waals surface area contributed by atoms with Gasteiger partial charge in [-0.05, 0) is 44.3 Å². The Kier molecular flexibility index (Phi) is 6.44. The van der Waals surface area contributed by atoms with Gasteiger partial charge in [-0.2, -0.15) is 4.98 Å². The zero-order chi connectivity index (χ0) is 24.6. The first kappa shape index (κ1) is 23.8. The second-order valence-corrected chi connectivity index (χ2v) is 11.8. The first-order chi connectivity index (χ1) is 17.6. The van der Waals surface area contributed by atoms with Crippen molar-refractivity contribution in [2.75, 3.05) is 32.7 Å². The van der Waals surface area contributed by atoms with Crippen molar-refractivity contribution in [1.82, 2.24) is 15.0 Å². The Morgan fingerprint density at radius 3 is 2.64 bits per heavy atom. The first-order valence-corrected chi connectivity index (χ1v) is 14.2. The number of benzene rings is 1. The SMILES string of the molecule is CC(C(=O)O[C@H]1C[N+]2(Cc3nc(-c4ccccc4)no3)CCC1CC2)(c1cccs1)N1CCCCC1. The van der Waals surface area contributed by atoms with Crippen LogP contribution in [0.2, 0.25) is 0 Å². The summed E-state index contributed by atoms with van der Waals surface area (Å²) < 4.78 is 13.0. The Morgan fingerprint density at radius 1 is 1.14 bits per heavy atom. The van der Waals surface area contributed by atoms with Crippen LogP contribution in [-0.4, -0.2) is 64.3 Å². The molecule has 36 heavy (non-hydrogen) atoms. The van der Waals surface area contributed by atoms with Gasteiger partial charge in [0.25, 0.3) is 5.89 Å². The molecular formula is C28H35N4O3S+. The van der Waals surface area contributed by atoms with Crippen LogP contribution >= 0.6 is 11.3 Å². The zero-order valence-electron chi connectivity index (χ0n) is 21.0. The molecule has 6 heterocycles. The molecule has 2 aromatic heterocycles. The summed E-state index contributed by atoms with van der Waals surface area (Å²) in [6, 6.07) is 14.1. The molecule has 0 saturated carbocycles. The number of piperidine rings is 4. The lowest BCUT2D eigenvalue weighted by Crippen LogP contribution is -2.64. The molecule has 1 unspecified atom stereocenters. The van der Waals surface area contributed by atoms with Crippen LogP contribution in [0.3, 0.4) is 0 Å². The molecule has 8 heteroatoms. The molecule has 1 aromatic carbocycles. The Labute approximate surface area is 216 Å². The second-order valence-electron chi connectivity index (χ2n) is 10.9. The van der Waals surface area contributed by atoms with Gasteiger partial charge < -0.3 is 13.7 Å². The van der Waals surface area contributed by atoms with E-state index in [0.717, 1.165) is 73.3 Å². The number of quaternary nitrogens is 1. The van der Waals surface area contributed by atoms with Crippen molar-refractivity contribution in [3.05, 3.63) is 58.6 Å². The minimum absolute atomic E-state index is 0.0689. The summed E-state index contributed by atoms with van der Waals surface area (Å²) in [6.07, 6.45) is 5.57. The van der Waals surface area contributed by atoms with Gasteiger partial charge in [-0.15, -0.1) is 11.3 Å². The largest absolute Gasteiger partial charge is 0.454 e. The van der Waals surface area contributed by atoms with Gasteiger partial charge in [0.1, 0.15) is 6.54 Å². The number of esters is 1. The number of aromatic nitrogens is 2. The van der Waals surface area contributed by atoms with E-state index in [2.05, 4.69) is 28.4 Å². The topological polar surface area (TPSA) is 68.5 Å². The third-order valence-corrected chi connectivity index (χ3v) is 9.74. The van der Waals surface area contributed by atoms with Crippen molar-refractivity contribution >= 4 is 17.3 Å². The highest BCUT2D eigenvalue weighted by Crippen LogP contribution is 2.40. The molecule has 0 amide bonds. The molecule has 2 bridgehead atoms. The molecule has 3 aromatic rings. The smallest absolute Gasteiger partial charge is 0.332 e. The highest BCUT2D eigenvalue weighted by Gasteiger charge is 2.51. The number of nitrogens with zero attached hydrogens (tertiary/aromatic N) is 4. The molecule has 0 radical (unpaired) electrons. The Bertz CT molecular complexity index is 1170. The lowest BCUT2D eigenvalue weighted by Gasteiger charge is -2.52. The second kappa shape index (κ2) is 9.72. The normalized spacial score (nSPS) is 28.0. The molecule has 0 N–H and O–H groups in total. The monoisotopic (exact) mass is 507 g/mol. The van der Waals surface area contributed by atoms with Crippen LogP contribution in [0.5, 0.6) is 0 Å². The van der Waals surface area contributed by atoms with Crippen LogP contribution in [0.15, 0.2) is 52.4 Å². The summed E-state index contributed by atoms with van der Waals surface area (Å²) in [4.78, 5) is 22.1. The number of carbonyl (C=O) groups excluding carboxylic acids is 1. The molecule has 7 rings (SSSR count). The van der Waals surface area contributed by atoms with Gasteiger partial charge in [-0.3, -0.25) is 4.90 Å². The van der Waals surface area contributed by atoms with Crippen molar-refractivity contribution in [2.45, 2.75) is 57.2 Å². The third-order valence-electron chi connectivity index (χ3n) is 8.66. The van der Waals surface area contributed by atoms with Gasteiger partial charge >= 0.3 is 5.97 Å². The van der Waals surface area contributed by atoms with Crippen LogP contribution in [-0.2, 0) is 21.6 Å². The van der Waals surface area contributed by atoms with E-state index < -0.39 is 5.54 Å². The molecule has 4 aliphatic heterocycles. The Morgan fingerprint density at radius 2 is 1.92 bits per heavy atom. The van der Waals surface area contributed by atoms with Crippen molar-refractivity contribution < 1.29 is 18.5 Å². The molecular weight excluding hydrogens is 472 g/mol. The predicted octanol–water partition coefficient (Wildman–Crippen LogP) is 4.85. The molecule has 190 valence electrons. The van der Waals surface area contributed by atoms with E-state index >= 15 is 0 Å². The van der Waals surface area contributed by atoms with E-state index in [1.807, 2.05) is 36.4 Å². The zero-order valence-corrected chi connectivity index (χ0v) is 21.8. The van der Waals surface area contributed by atoms with Crippen LogP contribution in [0.4, 0.5) is 0 Å². The molecule has 7 nitrogen and oxygen atoms in total. The van der Waals surface area contributed by atoms with E-state index in [1.54, 1.807) is 11.3 Å². The summed E-state index contributed by atoms with van der Waals surface area (Å²) in [7, 11) is 0. The maximum atomic E-state index is 13.9. The lowest BCUT2D eigenvalue weighted by molar-refractivity contribution is -0.959. The summed E-state index contributed by atoms with van der Waals surface area (Å²) >= 11 is 1.66. The summed E-state index contributed by atoms with van der Waals surface area (Å²) in [5, 5.41) is 6.29. The van der Waals surface area contributed by atoms with Crippen molar-refractivity contribution in [2.24, 2.45) is 5.92 Å². The maximum absolute atomic E-state index is 13.9. The number of likely N-dealkylation sites (tertiary alicyclic amines) is 1. The summed E-state index contributed by atoms with van der Waals surface area (Å²) in [5.74, 6) is 1.64. The number of fused-ring (bicyclic) bond motifs is 3. The summed E-state index contributed by atoms with van der Waals surface area (Å²) in [5.41, 5.74) is 0.241. The van der Waals surface area contributed by atoms with Gasteiger partial charge in [0.2, 0.25) is 5.82 Å². The van der Waals surface area contributed by atoms with Crippen LogP contribution < -0.4 is 0 Å². The Balaban J connectivity index is 1.19. The Hall–Kier alpha value is -2.55. The van der Waals surface area contributed by atoms with E-state index in [9.17, 15) is 4.79 Å². The number of carbonyl (C=O) groups is 1. The van der Waals surface area contributed by atoms with Crippen molar-refractivity contribution in [1.29, 1.82) is 0 Å². The average Bonchev–Trinajstić information content (AvgIpc) is 3.63. The van der Waals surface area contributed by atoms with Crippen LogP contribution in [0.1, 0.15) is 49.8 Å². The minimum Gasteiger partial charge on any atom is -0.454 e. The van der Waals surface area contributed by atoms with Gasteiger partial charge in [0, 0.05) is 29.2 Å². The number of ether oxygens (including phenoxy) is 1. The van der Waals surface area contributed by atoms with E-state index in [0.29, 0.717) is 24.2 Å². The molecule has 2 atom stereocenters. The maximum Gasteiger partial charge on any atom is 0.332 e. The molecule has 4 fully saturated rings. The molecule has 4 aliphatic rings. The van der Waals surface area contributed by atoms with Crippen molar-refractivity contribution in [3.63, 3.8) is 0 Å². The van der Waals surface area contributed by atoms with E-state index in [4.69, 9.17) is 14.2 Å². The fourth-order valence-electron chi connectivity index (χ4n) is 6.42. The highest BCUT2D eigenvalue weighted by molar-refractivity contribution is 7.10. The number of hydrogen-bond acceptors (Lipinski definition) is 7. The van der Waals surface area contributed by atoms with Gasteiger partial charge in [0.05, 0.1) is 13.1 Å². The van der Waals surface area contributed by atoms with Crippen LogP contribution in [0.25, 0.3) is 11.4 Å². The third kappa shape index (κ3) is 4.40. The number of thiophene rings is 1. The molecule has 0 aliphatic carbocycles.